The van der Waals surface area contributed by atoms with E-state index in [1.54, 1.807) is 36.4 Å². The smallest absolute Gasteiger partial charge is 0.234 e. The van der Waals surface area contributed by atoms with Gasteiger partial charge in [-0.25, -0.2) is 0 Å². The summed E-state index contributed by atoms with van der Waals surface area (Å²) in [4.78, 5) is 29.5. The molecule has 144 valence electrons. The number of nitriles is 1. The molecule has 2 bridgehead atoms. The first-order chi connectivity index (χ1) is 14.1. The van der Waals surface area contributed by atoms with Gasteiger partial charge < -0.3 is 5.11 Å². The minimum absolute atomic E-state index is 0.0908. The standard InChI is InChI=1S/C23H19N3O3/c24-12-14-5-4-6-15(11-14)13-25-17-9-10-18(27)21(25)20-19(17)22(28)26(23(20)29)16-7-2-1-3-8-16/h1-11,17,19-21,23,29H,13H2. The summed E-state index contributed by atoms with van der Waals surface area (Å²) in [6, 6.07) is 17.7. The highest BCUT2D eigenvalue weighted by Gasteiger charge is 2.63. The number of para-hydroxylation sites is 1. The lowest BCUT2D eigenvalue weighted by Gasteiger charge is -2.35. The third-order valence-electron chi connectivity index (χ3n) is 6.22. The van der Waals surface area contributed by atoms with Crippen molar-refractivity contribution in [1.82, 2.24) is 4.90 Å². The fourth-order valence-electron chi connectivity index (χ4n) is 5.06. The van der Waals surface area contributed by atoms with Crippen molar-refractivity contribution in [3.8, 4) is 6.07 Å². The van der Waals surface area contributed by atoms with E-state index in [1.165, 1.54) is 4.90 Å². The molecule has 2 saturated heterocycles. The summed E-state index contributed by atoms with van der Waals surface area (Å²) >= 11 is 0. The Labute approximate surface area is 168 Å². The Kier molecular flexibility index (Phi) is 4.09. The van der Waals surface area contributed by atoms with Crippen LogP contribution in [0.5, 0.6) is 0 Å². The van der Waals surface area contributed by atoms with E-state index in [1.807, 2.05) is 35.2 Å². The molecule has 5 rings (SSSR count). The van der Waals surface area contributed by atoms with Crippen molar-refractivity contribution in [2.75, 3.05) is 4.90 Å². The van der Waals surface area contributed by atoms with Gasteiger partial charge in [0.25, 0.3) is 0 Å². The van der Waals surface area contributed by atoms with Gasteiger partial charge in [-0.15, -0.1) is 0 Å². The number of hydrogen-bond acceptors (Lipinski definition) is 5. The summed E-state index contributed by atoms with van der Waals surface area (Å²) in [7, 11) is 0. The zero-order valence-corrected chi connectivity index (χ0v) is 15.6. The molecule has 0 radical (unpaired) electrons. The van der Waals surface area contributed by atoms with Crippen molar-refractivity contribution < 1.29 is 14.7 Å². The monoisotopic (exact) mass is 385 g/mol. The van der Waals surface area contributed by atoms with Crippen LogP contribution in [0.4, 0.5) is 5.69 Å². The van der Waals surface area contributed by atoms with Gasteiger partial charge in [-0.05, 0) is 35.9 Å². The van der Waals surface area contributed by atoms with Crippen LogP contribution < -0.4 is 4.90 Å². The molecular weight excluding hydrogens is 366 g/mol. The number of nitrogens with zero attached hydrogens (tertiary/aromatic N) is 3. The molecule has 29 heavy (non-hydrogen) atoms. The number of rotatable bonds is 3. The lowest BCUT2D eigenvalue weighted by atomic mass is 9.89. The molecule has 2 aromatic rings. The molecule has 5 atom stereocenters. The Morgan fingerprint density at radius 3 is 2.62 bits per heavy atom. The predicted octanol–water partition coefficient (Wildman–Crippen LogP) is 1.85. The molecule has 3 aliphatic rings. The molecule has 0 aliphatic carbocycles. The molecule has 5 unspecified atom stereocenters. The summed E-state index contributed by atoms with van der Waals surface area (Å²) in [5.74, 6) is -1.21. The van der Waals surface area contributed by atoms with Gasteiger partial charge in [0.2, 0.25) is 5.91 Å². The highest BCUT2D eigenvalue weighted by molar-refractivity contribution is 6.04. The van der Waals surface area contributed by atoms with E-state index in [2.05, 4.69) is 6.07 Å². The molecule has 0 saturated carbocycles. The van der Waals surface area contributed by atoms with Gasteiger partial charge in [-0.2, -0.15) is 5.26 Å². The second-order valence-corrected chi connectivity index (χ2v) is 7.74. The maximum Gasteiger partial charge on any atom is 0.234 e. The van der Waals surface area contributed by atoms with Gasteiger partial charge in [0.15, 0.2) is 5.78 Å². The predicted molar refractivity (Wildman–Crippen MR) is 105 cm³/mol. The van der Waals surface area contributed by atoms with Crippen molar-refractivity contribution in [3.05, 3.63) is 77.9 Å². The lowest BCUT2D eigenvalue weighted by molar-refractivity contribution is -0.123. The van der Waals surface area contributed by atoms with Crippen LogP contribution in [0.3, 0.4) is 0 Å². The number of fused-ring (bicyclic) bond motifs is 5. The quantitative estimate of drug-likeness (QED) is 0.872. The number of hydrogen-bond donors (Lipinski definition) is 1. The maximum atomic E-state index is 13.3. The summed E-state index contributed by atoms with van der Waals surface area (Å²) in [6.45, 7) is 0.444. The van der Waals surface area contributed by atoms with Crippen LogP contribution in [0.15, 0.2) is 66.7 Å². The normalized spacial score (nSPS) is 30.5. The van der Waals surface area contributed by atoms with Gasteiger partial charge in [0.1, 0.15) is 6.23 Å². The summed E-state index contributed by atoms with van der Waals surface area (Å²) in [5.41, 5.74) is 2.10. The van der Waals surface area contributed by atoms with Crippen LogP contribution in [0.25, 0.3) is 0 Å². The molecule has 1 amide bonds. The third-order valence-corrected chi connectivity index (χ3v) is 6.22. The first-order valence-corrected chi connectivity index (χ1v) is 9.63. The summed E-state index contributed by atoms with van der Waals surface area (Å²) in [6.07, 6.45) is 2.28. The fraction of sp³-hybridized carbons (Fsp3) is 0.261. The first kappa shape index (κ1) is 17.8. The molecule has 1 N–H and O–H groups in total. The van der Waals surface area contributed by atoms with Gasteiger partial charge in [0.05, 0.1) is 23.6 Å². The Balaban J connectivity index is 1.50. The Hall–Kier alpha value is -3.27. The number of carbonyl (C=O) groups excluding carboxylic acids is 2. The first-order valence-electron chi connectivity index (χ1n) is 9.63. The van der Waals surface area contributed by atoms with Crippen molar-refractivity contribution in [2.24, 2.45) is 11.8 Å². The topological polar surface area (TPSA) is 84.6 Å². The minimum Gasteiger partial charge on any atom is -0.373 e. The van der Waals surface area contributed by atoms with E-state index in [0.29, 0.717) is 17.8 Å². The molecule has 3 aliphatic heterocycles. The fourth-order valence-corrected chi connectivity index (χ4v) is 5.06. The van der Waals surface area contributed by atoms with Gasteiger partial charge >= 0.3 is 0 Å². The molecule has 6 heteroatoms. The number of aliphatic hydroxyl groups is 1. The molecule has 6 nitrogen and oxygen atoms in total. The number of aliphatic hydroxyl groups excluding tert-OH is 1. The van der Waals surface area contributed by atoms with Crippen LogP contribution in [-0.4, -0.2) is 40.0 Å². The second-order valence-electron chi connectivity index (χ2n) is 7.74. The van der Waals surface area contributed by atoms with Crippen molar-refractivity contribution >= 4 is 17.4 Å². The average molecular weight is 385 g/mol. The molecule has 2 fully saturated rings. The summed E-state index contributed by atoms with van der Waals surface area (Å²) in [5, 5.41) is 20.2. The maximum absolute atomic E-state index is 13.3. The van der Waals surface area contributed by atoms with Crippen LogP contribution in [-0.2, 0) is 16.1 Å². The molecule has 2 aromatic carbocycles. The van der Waals surface area contributed by atoms with E-state index in [4.69, 9.17) is 5.26 Å². The van der Waals surface area contributed by atoms with Crippen molar-refractivity contribution in [1.29, 1.82) is 5.26 Å². The van der Waals surface area contributed by atoms with Gasteiger partial charge in [-0.1, -0.05) is 36.4 Å². The Morgan fingerprint density at radius 1 is 1.07 bits per heavy atom. The van der Waals surface area contributed by atoms with E-state index in [9.17, 15) is 14.7 Å². The van der Waals surface area contributed by atoms with E-state index in [0.717, 1.165) is 5.56 Å². The van der Waals surface area contributed by atoms with E-state index in [-0.39, 0.29) is 17.7 Å². The van der Waals surface area contributed by atoms with Gasteiger partial charge in [-0.3, -0.25) is 19.4 Å². The van der Waals surface area contributed by atoms with Crippen LogP contribution in [0.1, 0.15) is 11.1 Å². The molecular formula is C23H19N3O3. The van der Waals surface area contributed by atoms with E-state index >= 15 is 0 Å². The highest BCUT2D eigenvalue weighted by atomic mass is 16.3. The Bertz CT molecular complexity index is 1060. The van der Waals surface area contributed by atoms with Gasteiger partial charge in [0, 0.05) is 24.2 Å². The number of ketones is 1. The van der Waals surface area contributed by atoms with Crippen molar-refractivity contribution in [3.63, 3.8) is 0 Å². The lowest BCUT2D eigenvalue weighted by Crippen LogP contribution is -2.50. The Morgan fingerprint density at radius 2 is 1.86 bits per heavy atom. The van der Waals surface area contributed by atoms with Crippen molar-refractivity contribution in [2.45, 2.75) is 24.9 Å². The third kappa shape index (κ3) is 2.63. The number of benzene rings is 2. The minimum atomic E-state index is -1.05. The summed E-state index contributed by atoms with van der Waals surface area (Å²) < 4.78 is 0. The van der Waals surface area contributed by atoms with Crippen LogP contribution >= 0.6 is 0 Å². The second kappa shape index (κ2) is 6.66. The number of carbonyl (C=O) groups is 2. The zero-order chi connectivity index (χ0) is 20.1. The molecule has 0 spiro atoms. The molecule has 3 heterocycles. The van der Waals surface area contributed by atoms with Crippen LogP contribution in [0.2, 0.25) is 0 Å². The highest BCUT2D eigenvalue weighted by Crippen LogP contribution is 2.48. The van der Waals surface area contributed by atoms with E-state index < -0.39 is 24.1 Å². The van der Waals surface area contributed by atoms with Crippen LogP contribution in [0, 0.1) is 23.2 Å². The average Bonchev–Trinajstić information content (AvgIpc) is 3.12. The SMILES string of the molecule is N#Cc1cccc(CN2C3C=CC(=O)C2C2C3C(=O)N(c3ccccc3)C2O)c1. The number of anilines is 1. The molecule has 0 aromatic heterocycles. The largest absolute Gasteiger partial charge is 0.373 e. The number of amides is 1. The zero-order valence-electron chi connectivity index (χ0n) is 15.6.